The number of H-pyrrole nitrogens is 1. The molecule has 1 saturated heterocycles. The third-order valence-corrected chi connectivity index (χ3v) is 4.31. The molecule has 1 aromatic heterocycles. The van der Waals surface area contributed by atoms with E-state index in [1.165, 1.54) is 0 Å². The molecule has 0 aliphatic carbocycles. The number of benzene rings is 1. The molecule has 1 aliphatic heterocycles. The Morgan fingerprint density at radius 3 is 2.90 bits per heavy atom. The first-order chi connectivity index (χ1) is 10.1. The summed E-state index contributed by atoms with van der Waals surface area (Å²) in [7, 11) is 0. The van der Waals surface area contributed by atoms with Crippen molar-refractivity contribution in [1.29, 1.82) is 0 Å². The number of rotatable bonds is 4. The van der Waals surface area contributed by atoms with Crippen molar-refractivity contribution in [2.45, 2.75) is 25.4 Å². The van der Waals surface area contributed by atoms with E-state index in [-0.39, 0.29) is 6.04 Å². The fourth-order valence-electron chi connectivity index (χ4n) is 2.71. The van der Waals surface area contributed by atoms with Crippen LogP contribution in [0.4, 0.5) is 0 Å². The number of carboxylic acids is 1. The lowest BCUT2D eigenvalue weighted by Gasteiger charge is -2.19. The summed E-state index contributed by atoms with van der Waals surface area (Å²) in [6.45, 7) is 1.36. The van der Waals surface area contributed by atoms with E-state index in [9.17, 15) is 9.90 Å². The molecule has 0 saturated carbocycles. The van der Waals surface area contributed by atoms with Crippen molar-refractivity contribution in [3.63, 3.8) is 0 Å². The lowest BCUT2D eigenvalue weighted by atomic mass is 10.2. The summed E-state index contributed by atoms with van der Waals surface area (Å²) in [5, 5.41) is 9.19. The van der Waals surface area contributed by atoms with Crippen LogP contribution < -0.4 is 0 Å². The minimum absolute atomic E-state index is 0.383. The normalized spacial score (nSPS) is 19.0. The molecule has 2 aromatic rings. The van der Waals surface area contributed by atoms with Crippen molar-refractivity contribution in [2.75, 3.05) is 6.54 Å². The lowest BCUT2D eigenvalue weighted by Crippen LogP contribution is -2.35. The zero-order valence-corrected chi connectivity index (χ0v) is 13.0. The Labute approximate surface area is 131 Å². The largest absolute Gasteiger partial charge is 0.480 e. The molecule has 0 radical (unpaired) electrons. The number of carbonyl (C=O) groups is 1. The van der Waals surface area contributed by atoms with Gasteiger partial charge in [0.15, 0.2) is 0 Å². The number of imidazole rings is 1. The molecule has 1 aromatic carbocycles. The zero-order valence-electron chi connectivity index (χ0n) is 11.4. The molecular weight excluding hydrogens is 334 g/mol. The number of aliphatic carboxylic acids is 1. The van der Waals surface area contributed by atoms with Crippen molar-refractivity contribution in [2.24, 2.45) is 0 Å². The topological polar surface area (TPSA) is 69.2 Å². The van der Waals surface area contributed by atoms with E-state index in [1.807, 2.05) is 29.2 Å². The Hall–Kier alpha value is -1.66. The number of aromatic amines is 1. The van der Waals surface area contributed by atoms with E-state index in [0.717, 1.165) is 40.9 Å². The molecule has 0 spiro atoms. The predicted octanol–water partition coefficient (Wildman–Crippen LogP) is 2.89. The average Bonchev–Trinajstić information content (AvgIpc) is 3.09. The maximum absolute atomic E-state index is 11.2. The lowest BCUT2D eigenvalue weighted by molar-refractivity contribution is -0.142. The number of nitrogens with zero attached hydrogens (tertiary/aromatic N) is 2. The second kappa shape index (κ2) is 5.99. The van der Waals surface area contributed by atoms with Crippen molar-refractivity contribution in [1.82, 2.24) is 14.9 Å². The molecule has 110 valence electrons. The van der Waals surface area contributed by atoms with Gasteiger partial charge in [0.25, 0.3) is 0 Å². The van der Waals surface area contributed by atoms with Crippen LogP contribution in [0.25, 0.3) is 11.3 Å². The second-order valence-electron chi connectivity index (χ2n) is 5.22. The van der Waals surface area contributed by atoms with Gasteiger partial charge in [-0.25, -0.2) is 4.98 Å². The summed E-state index contributed by atoms with van der Waals surface area (Å²) in [5.74, 6) is 0.0632. The van der Waals surface area contributed by atoms with Gasteiger partial charge in [0.05, 0.1) is 18.4 Å². The molecule has 1 atom stereocenters. The van der Waals surface area contributed by atoms with Gasteiger partial charge in [-0.15, -0.1) is 0 Å². The van der Waals surface area contributed by atoms with E-state index < -0.39 is 5.97 Å². The van der Waals surface area contributed by atoms with Crippen LogP contribution >= 0.6 is 15.9 Å². The van der Waals surface area contributed by atoms with Gasteiger partial charge in [-0.3, -0.25) is 9.69 Å². The van der Waals surface area contributed by atoms with Crippen LogP contribution in [0.3, 0.4) is 0 Å². The highest BCUT2D eigenvalue weighted by molar-refractivity contribution is 9.10. The Kier molecular flexibility index (Phi) is 4.07. The van der Waals surface area contributed by atoms with Crippen LogP contribution in [-0.4, -0.2) is 38.5 Å². The summed E-state index contributed by atoms with van der Waals surface area (Å²) in [6.07, 6.45) is 3.44. The monoisotopic (exact) mass is 349 g/mol. The molecule has 1 aliphatic rings. The molecular formula is C15H16BrN3O2. The number of aromatic nitrogens is 2. The molecule has 3 rings (SSSR count). The summed E-state index contributed by atoms with van der Waals surface area (Å²) < 4.78 is 1.03. The number of hydrogen-bond acceptors (Lipinski definition) is 3. The minimum Gasteiger partial charge on any atom is -0.480 e. The number of likely N-dealkylation sites (tertiary alicyclic amines) is 1. The first kappa shape index (κ1) is 14.3. The third kappa shape index (κ3) is 3.16. The van der Waals surface area contributed by atoms with Gasteiger partial charge in [-0.2, -0.15) is 0 Å². The van der Waals surface area contributed by atoms with E-state index in [1.54, 1.807) is 6.20 Å². The predicted molar refractivity (Wildman–Crippen MR) is 82.8 cm³/mol. The minimum atomic E-state index is -0.743. The van der Waals surface area contributed by atoms with Crippen LogP contribution in [0.15, 0.2) is 34.9 Å². The van der Waals surface area contributed by atoms with E-state index in [0.29, 0.717) is 6.54 Å². The molecule has 0 amide bonds. The van der Waals surface area contributed by atoms with E-state index in [2.05, 4.69) is 25.9 Å². The first-order valence-corrected chi connectivity index (χ1v) is 7.69. The maximum atomic E-state index is 11.2. The summed E-state index contributed by atoms with van der Waals surface area (Å²) in [6, 6.07) is 7.61. The highest BCUT2D eigenvalue weighted by Gasteiger charge is 2.30. The van der Waals surface area contributed by atoms with Gasteiger partial charge in [-0.05, 0) is 37.1 Å². The van der Waals surface area contributed by atoms with Gasteiger partial charge < -0.3 is 10.1 Å². The number of hydrogen-bond donors (Lipinski definition) is 2. The number of halogens is 1. The highest BCUT2D eigenvalue weighted by Crippen LogP contribution is 2.22. The van der Waals surface area contributed by atoms with Crippen LogP contribution in [-0.2, 0) is 11.3 Å². The molecule has 2 heterocycles. The van der Waals surface area contributed by atoms with Crippen LogP contribution in [0.2, 0.25) is 0 Å². The second-order valence-corrected chi connectivity index (χ2v) is 6.13. The quantitative estimate of drug-likeness (QED) is 0.890. The smallest absolute Gasteiger partial charge is 0.320 e. The Morgan fingerprint density at radius 1 is 1.43 bits per heavy atom. The van der Waals surface area contributed by atoms with Crippen molar-refractivity contribution in [3.8, 4) is 11.3 Å². The zero-order chi connectivity index (χ0) is 14.8. The summed E-state index contributed by atoms with van der Waals surface area (Å²) in [4.78, 5) is 20.8. The fourth-order valence-corrected chi connectivity index (χ4v) is 2.97. The summed E-state index contributed by atoms with van der Waals surface area (Å²) in [5.41, 5.74) is 2.01. The van der Waals surface area contributed by atoms with Crippen LogP contribution in [0.5, 0.6) is 0 Å². The van der Waals surface area contributed by atoms with Crippen LogP contribution in [0, 0.1) is 0 Å². The standard InChI is InChI=1S/C15H16BrN3O2/c16-11-5-3-10(4-6-11)12-8-17-14(18-12)9-19-7-1-2-13(19)15(20)21/h3-6,8,13H,1-2,7,9H2,(H,17,18)(H,20,21)/t13-/m0/s1. The molecule has 0 bridgehead atoms. The average molecular weight is 350 g/mol. The third-order valence-electron chi connectivity index (χ3n) is 3.79. The SMILES string of the molecule is O=C(O)[C@@H]1CCCN1Cc1ncc(-c2ccc(Br)cc2)[nH]1. The van der Waals surface area contributed by atoms with Crippen molar-refractivity contribution >= 4 is 21.9 Å². The maximum Gasteiger partial charge on any atom is 0.320 e. The summed E-state index contributed by atoms with van der Waals surface area (Å²) >= 11 is 3.41. The number of carboxylic acid groups (broad SMARTS) is 1. The van der Waals surface area contributed by atoms with Crippen molar-refractivity contribution < 1.29 is 9.90 Å². The van der Waals surface area contributed by atoms with Gasteiger partial charge in [0.1, 0.15) is 11.9 Å². The molecule has 21 heavy (non-hydrogen) atoms. The van der Waals surface area contributed by atoms with Gasteiger partial charge >= 0.3 is 5.97 Å². The highest BCUT2D eigenvalue weighted by atomic mass is 79.9. The molecule has 2 N–H and O–H groups in total. The number of nitrogens with one attached hydrogen (secondary N) is 1. The Bertz CT molecular complexity index is 639. The molecule has 0 unspecified atom stereocenters. The molecule has 5 nitrogen and oxygen atoms in total. The van der Waals surface area contributed by atoms with Crippen molar-refractivity contribution in [3.05, 3.63) is 40.8 Å². The van der Waals surface area contributed by atoms with Gasteiger partial charge in [-0.1, -0.05) is 28.1 Å². The Balaban J connectivity index is 1.73. The van der Waals surface area contributed by atoms with Crippen LogP contribution in [0.1, 0.15) is 18.7 Å². The molecule has 1 fully saturated rings. The van der Waals surface area contributed by atoms with Gasteiger partial charge in [0.2, 0.25) is 0 Å². The fraction of sp³-hybridized carbons (Fsp3) is 0.333. The first-order valence-electron chi connectivity index (χ1n) is 6.90. The van der Waals surface area contributed by atoms with E-state index in [4.69, 9.17) is 0 Å². The Morgan fingerprint density at radius 2 is 2.19 bits per heavy atom. The van der Waals surface area contributed by atoms with Gasteiger partial charge in [0, 0.05) is 4.47 Å². The molecule has 6 heteroatoms. The van der Waals surface area contributed by atoms with E-state index >= 15 is 0 Å².